The molecule has 0 amide bonds. The molecule has 0 radical (unpaired) electrons. The van der Waals surface area contributed by atoms with Crippen LogP contribution in [0, 0.1) is 17.2 Å². The molecule has 35 heavy (non-hydrogen) atoms. The molecule has 3 N–H and O–H groups in total. The second kappa shape index (κ2) is 11.8. The minimum absolute atomic E-state index is 0.215. The van der Waals surface area contributed by atoms with Gasteiger partial charge in [0, 0.05) is 56.9 Å². The highest BCUT2D eigenvalue weighted by Crippen LogP contribution is 2.25. The van der Waals surface area contributed by atoms with Crippen LogP contribution in [0.2, 0.25) is 0 Å². The number of nitrogens with two attached hydrogens (primary N) is 1. The number of rotatable bonds is 11. The van der Waals surface area contributed by atoms with Gasteiger partial charge in [-0.25, -0.2) is 9.97 Å². The lowest BCUT2D eigenvalue weighted by molar-refractivity contribution is 0.0914. The third kappa shape index (κ3) is 6.19. The smallest absolute Gasteiger partial charge is 0.182 e. The molecule has 0 saturated carbocycles. The van der Waals surface area contributed by atoms with E-state index < -0.39 is 5.92 Å². The van der Waals surface area contributed by atoms with Crippen molar-refractivity contribution in [3.05, 3.63) is 48.2 Å². The summed E-state index contributed by atoms with van der Waals surface area (Å²) in [5, 5.41) is 9.78. The number of imidazole rings is 1. The summed E-state index contributed by atoms with van der Waals surface area (Å²) in [6, 6.07) is 7.63. The maximum Gasteiger partial charge on any atom is 0.182 e. The third-order valence-corrected chi connectivity index (χ3v) is 6.42. The van der Waals surface area contributed by atoms with Gasteiger partial charge in [0.05, 0.1) is 18.3 Å². The van der Waals surface area contributed by atoms with Gasteiger partial charge in [-0.2, -0.15) is 5.26 Å². The number of piperazine rings is 1. The van der Waals surface area contributed by atoms with Gasteiger partial charge in [-0.3, -0.25) is 14.7 Å². The molecule has 4 rings (SSSR count). The average molecular weight is 476 g/mol. The molecule has 1 saturated heterocycles. The fraction of sp³-hybridized carbons (Fsp3) is 0.480. The molecule has 0 spiro atoms. The quantitative estimate of drug-likeness (QED) is 0.314. The molecule has 10 heteroatoms. The Morgan fingerprint density at radius 3 is 2.80 bits per heavy atom. The highest BCUT2D eigenvalue weighted by atomic mass is 16.1. The Morgan fingerprint density at radius 2 is 2.09 bits per heavy atom. The van der Waals surface area contributed by atoms with Crippen LogP contribution in [0.4, 0.5) is 5.69 Å². The number of nitriles is 1. The first kappa shape index (κ1) is 24.7. The van der Waals surface area contributed by atoms with Crippen molar-refractivity contribution in [3.8, 4) is 6.07 Å². The van der Waals surface area contributed by atoms with E-state index in [9.17, 15) is 10.1 Å². The second-order valence-electron chi connectivity index (χ2n) is 9.02. The fourth-order valence-corrected chi connectivity index (χ4v) is 4.41. The number of likely N-dealkylation sites (N-methyl/N-ethyl adjacent to an activating group) is 1. The van der Waals surface area contributed by atoms with Crippen LogP contribution in [0.25, 0.3) is 11.2 Å². The van der Waals surface area contributed by atoms with Crippen molar-refractivity contribution in [2.45, 2.75) is 19.4 Å². The van der Waals surface area contributed by atoms with E-state index in [1.165, 1.54) is 6.20 Å². The third-order valence-electron chi connectivity index (χ3n) is 6.42. The molecule has 0 bridgehead atoms. The second-order valence-corrected chi connectivity index (χ2v) is 9.02. The Morgan fingerprint density at radius 1 is 1.26 bits per heavy atom. The number of unbranched alkanes of at least 4 members (excludes halogenated alkanes) is 1. The molecule has 4 heterocycles. The molecule has 1 unspecified atom stereocenters. The summed E-state index contributed by atoms with van der Waals surface area (Å²) in [5.74, 6) is -0.235. The van der Waals surface area contributed by atoms with E-state index in [0.29, 0.717) is 37.4 Å². The van der Waals surface area contributed by atoms with Crippen LogP contribution >= 0.6 is 0 Å². The predicted octanol–water partition coefficient (Wildman–Crippen LogP) is 1.67. The van der Waals surface area contributed by atoms with E-state index in [2.05, 4.69) is 42.8 Å². The van der Waals surface area contributed by atoms with Gasteiger partial charge in [-0.1, -0.05) is 0 Å². The highest BCUT2D eigenvalue weighted by molar-refractivity contribution is 5.99. The molecule has 3 aromatic heterocycles. The molecular weight excluding hydrogens is 442 g/mol. The highest BCUT2D eigenvalue weighted by Gasteiger charge is 2.24. The van der Waals surface area contributed by atoms with Gasteiger partial charge in [-0.05, 0) is 51.2 Å². The number of H-pyrrole nitrogens is 1. The summed E-state index contributed by atoms with van der Waals surface area (Å²) < 4.78 is 0. The van der Waals surface area contributed by atoms with E-state index in [-0.39, 0.29) is 5.78 Å². The van der Waals surface area contributed by atoms with Crippen LogP contribution in [0.1, 0.15) is 29.0 Å². The van der Waals surface area contributed by atoms with Crippen LogP contribution in [-0.2, 0) is 6.54 Å². The van der Waals surface area contributed by atoms with Gasteiger partial charge in [0.2, 0.25) is 0 Å². The minimum atomic E-state index is -0.791. The van der Waals surface area contributed by atoms with E-state index in [4.69, 9.17) is 10.7 Å². The zero-order chi connectivity index (χ0) is 24.6. The summed E-state index contributed by atoms with van der Waals surface area (Å²) >= 11 is 0. The van der Waals surface area contributed by atoms with Gasteiger partial charge in [0.25, 0.3) is 0 Å². The molecular formula is C25H33N9O. The monoisotopic (exact) mass is 475 g/mol. The summed E-state index contributed by atoms with van der Waals surface area (Å²) in [6.45, 7) is 6.05. The average Bonchev–Trinajstić information content (AvgIpc) is 3.30. The molecule has 1 aliphatic rings. The van der Waals surface area contributed by atoms with Crippen LogP contribution in [0.15, 0.2) is 36.8 Å². The molecule has 184 valence electrons. The fourth-order valence-electron chi connectivity index (χ4n) is 4.41. The maximum absolute atomic E-state index is 12.9. The number of hydrogen-bond acceptors (Lipinski definition) is 9. The number of nitrogens with one attached hydrogen (secondary N) is 1. The number of aromatic amines is 1. The van der Waals surface area contributed by atoms with E-state index in [0.717, 1.165) is 56.0 Å². The standard InChI is InChI=1S/C25H33N9O/c1-32-11-13-34(14-12-32)21-6-9-29-25-23(21)30-22(31-25)18-33(10-3-2-7-26)17-20(15-27)24(35)19-5-4-8-28-16-19/h4-6,8-9,16,20H,2-3,7,10-14,17-18,26H2,1H3,(H,29,30,31). The van der Waals surface area contributed by atoms with Crippen molar-refractivity contribution in [3.63, 3.8) is 0 Å². The lowest BCUT2D eigenvalue weighted by atomic mass is 9.99. The van der Waals surface area contributed by atoms with Crippen molar-refractivity contribution in [1.29, 1.82) is 5.26 Å². The lowest BCUT2D eigenvalue weighted by Gasteiger charge is -2.34. The van der Waals surface area contributed by atoms with Gasteiger partial charge >= 0.3 is 0 Å². The summed E-state index contributed by atoms with van der Waals surface area (Å²) in [4.78, 5) is 36.4. The SMILES string of the molecule is CN1CCN(c2ccnc3nc(CN(CCCCN)CC(C#N)C(=O)c4cccnc4)[nH]c23)CC1. The Hall–Kier alpha value is -3.39. The number of hydrogen-bond donors (Lipinski definition) is 2. The minimum Gasteiger partial charge on any atom is -0.367 e. The van der Waals surface area contributed by atoms with Gasteiger partial charge in [0.15, 0.2) is 11.4 Å². The first-order chi connectivity index (χ1) is 17.1. The van der Waals surface area contributed by atoms with Crippen molar-refractivity contribution in [2.24, 2.45) is 11.7 Å². The molecule has 0 aromatic carbocycles. The largest absolute Gasteiger partial charge is 0.367 e. The number of carbonyl (C=O) groups excluding carboxylic acids is 1. The first-order valence-corrected chi connectivity index (χ1v) is 12.1. The van der Waals surface area contributed by atoms with Gasteiger partial charge < -0.3 is 20.5 Å². The van der Waals surface area contributed by atoms with E-state index >= 15 is 0 Å². The van der Waals surface area contributed by atoms with E-state index in [1.807, 2.05) is 6.07 Å². The molecule has 10 nitrogen and oxygen atoms in total. The Balaban J connectivity index is 1.52. The number of anilines is 1. The normalized spacial score (nSPS) is 15.4. The Kier molecular flexibility index (Phi) is 8.36. The molecule has 3 aromatic rings. The summed E-state index contributed by atoms with van der Waals surface area (Å²) in [5.41, 5.74) is 8.87. The number of ketones is 1. The topological polar surface area (TPSA) is 131 Å². The summed E-state index contributed by atoms with van der Waals surface area (Å²) in [6.07, 6.45) is 6.68. The van der Waals surface area contributed by atoms with Crippen molar-refractivity contribution in [2.75, 3.05) is 57.8 Å². The summed E-state index contributed by atoms with van der Waals surface area (Å²) in [7, 11) is 2.14. The number of fused-ring (bicyclic) bond motifs is 1. The van der Waals surface area contributed by atoms with Crippen LogP contribution in [-0.4, -0.2) is 88.4 Å². The van der Waals surface area contributed by atoms with Crippen LogP contribution in [0.5, 0.6) is 0 Å². The molecule has 1 atom stereocenters. The van der Waals surface area contributed by atoms with E-state index in [1.54, 1.807) is 24.5 Å². The molecule has 1 fully saturated rings. The number of Topliss-reactive ketones (excluding diaryl/α,β-unsaturated/α-hetero) is 1. The first-order valence-electron chi connectivity index (χ1n) is 12.1. The van der Waals surface area contributed by atoms with Crippen molar-refractivity contribution >= 4 is 22.6 Å². The van der Waals surface area contributed by atoms with Crippen molar-refractivity contribution in [1.82, 2.24) is 29.7 Å². The lowest BCUT2D eigenvalue weighted by Crippen LogP contribution is -2.44. The van der Waals surface area contributed by atoms with Crippen LogP contribution < -0.4 is 10.6 Å². The Bertz CT molecular complexity index is 1150. The zero-order valence-corrected chi connectivity index (χ0v) is 20.2. The Labute approximate surface area is 205 Å². The predicted molar refractivity (Wildman–Crippen MR) is 135 cm³/mol. The number of pyridine rings is 2. The van der Waals surface area contributed by atoms with Gasteiger partial charge in [-0.15, -0.1) is 0 Å². The molecule has 0 aliphatic carbocycles. The number of carbonyl (C=O) groups is 1. The number of aromatic nitrogens is 4. The molecule has 1 aliphatic heterocycles. The maximum atomic E-state index is 12.9. The van der Waals surface area contributed by atoms with Crippen molar-refractivity contribution < 1.29 is 4.79 Å². The van der Waals surface area contributed by atoms with Gasteiger partial charge in [0.1, 0.15) is 17.3 Å². The zero-order valence-electron chi connectivity index (χ0n) is 20.2. The number of nitrogens with zero attached hydrogens (tertiary/aromatic N) is 7. The van der Waals surface area contributed by atoms with Crippen LogP contribution in [0.3, 0.4) is 0 Å².